The first-order valence-electron chi connectivity index (χ1n) is 5.63. The topological polar surface area (TPSA) is 32.6 Å². The van der Waals surface area contributed by atoms with Crippen LogP contribution in [0.4, 0.5) is 10.1 Å². The van der Waals surface area contributed by atoms with Crippen molar-refractivity contribution in [3.63, 3.8) is 0 Å². The van der Waals surface area contributed by atoms with E-state index in [-0.39, 0.29) is 11.6 Å². The predicted octanol–water partition coefficient (Wildman–Crippen LogP) is 4.97. The van der Waals surface area contributed by atoms with E-state index in [1.54, 1.807) is 24.4 Å². The van der Waals surface area contributed by atoms with Crippen molar-refractivity contribution in [2.75, 3.05) is 0 Å². The number of aromatic hydroxyl groups is 1. The fourth-order valence-corrected chi connectivity index (χ4v) is 1.46. The van der Waals surface area contributed by atoms with Gasteiger partial charge in [-0.2, -0.15) is 0 Å². The van der Waals surface area contributed by atoms with Crippen LogP contribution in [0.5, 0.6) is 5.75 Å². The van der Waals surface area contributed by atoms with E-state index in [0.29, 0.717) is 11.3 Å². The van der Waals surface area contributed by atoms with Crippen LogP contribution in [0.3, 0.4) is 0 Å². The zero-order chi connectivity index (χ0) is 15.0. The molecule has 0 aliphatic heterocycles. The van der Waals surface area contributed by atoms with Crippen molar-refractivity contribution in [3.05, 3.63) is 59.4 Å². The average molecular weight is 348 g/mol. The molecule has 0 amide bonds. The Morgan fingerprint density at radius 3 is 2.35 bits per heavy atom. The molecule has 2 nitrogen and oxygen atoms in total. The number of phenolic OH excluding ortho intramolecular Hbond substituents is 1. The quantitative estimate of drug-likeness (QED) is 0.604. The zero-order valence-corrected chi connectivity index (χ0v) is 13.7. The molecule has 0 aliphatic carbocycles. The van der Waals surface area contributed by atoms with E-state index >= 15 is 0 Å². The molecular weight excluding hydrogens is 336 g/mol. The fourth-order valence-electron chi connectivity index (χ4n) is 1.46. The van der Waals surface area contributed by atoms with Crippen LogP contribution in [-0.4, -0.2) is 11.3 Å². The van der Waals surface area contributed by atoms with Crippen LogP contribution in [-0.2, 0) is 17.0 Å². The number of halogens is 3. The number of phenols is 1. The van der Waals surface area contributed by atoms with E-state index in [9.17, 15) is 9.50 Å². The maximum atomic E-state index is 12.7. The molecule has 2 aromatic carbocycles. The monoisotopic (exact) mass is 347 g/mol. The maximum absolute atomic E-state index is 12.7. The molecule has 2 aromatic rings. The molecule has 0 fully saturated rings. The van der Waals surface area contributed by atoms with Crippen molar-refractivity contribution in [3.8, 4) is 5.75 Å². The Bertz CT molecular complexity index is 576. The van der Waals surface area contributed by atoms with Gasteiger partial charge < -0.3 is 5.11 Å². The van der Waals surface area contributed by atoms with Crippen molar-refractivity contribution >= 4 is 30.5 Å². The van der Waals surface area contributed by atoms with Crippen LogP contribution in [0.15, 0.2) is 47.5 Å². The number of aliphatic imine (C=N–C) groups is 1. The van der Waals surface area contributed by atoms with Gasteiger partial charge in [0.05, 0.1) is 5.69 Å². The van der Waals surface area contributed by atoms with E-state index in [4.69, 9.17) is 18.6 Å². The number of nitrogens with zero attached hydrogens (tertiary/aromatic N) is 1. The Morgan fingerprint density at radius 2 is 1.75 bits per heavy atom. The molecule has 0 saturated carbocycles. The Balaban J connectivity index is 0.000000612. The number of para-hydroxylation sites is 1. The molecule has 0 aliphatic rings. The number of aryl methyl sites for hydroxylation is 1. The number of benzene rings is 2. The summed E-state index contributed by atoms with van der Waals surface area (Å²) in [7, 11) is 9.78. The van der Waals surface area contributed by atoms with Gasteiger partial charge in [-0.25, -0.2) is 4.39 Å². The predicted molar refractivity (Wildman–Crippen MR) is 78.2 cm³/mol. The second kappa shape index (κ2) is 9.14. The van der Waals surface area contributed by atoms with Gasteiger partial charge in [0.1, 0.15) is 11.6 Å². The Labute approximate surface area is 133 Å². The van der Waals surface area contributed by atoms with Crippen LogP contribution in [0, 0.1) is 12.7 Å². The van der Waals surface area contributed by atoms with Gasteiger partial charge in [0.2, 0.25) is 0 Å². The van der Waals surface area contributed by atoms with Gasteiger partial charge in [-0.05, 0) is 42.8 Å². The van der Waals surface area contributed by atoms with Crippen molar-refractivity contribution in [1.29, 1.82) is 0 Å². The van der Waals surface area contributed by atoms with Crippen LogP contribution in [0.2, 0.25) is 0 Å². The van der Waals surface area contributed by atoms with Crippen LogP contribution >= 0.6 is 18.6 Å². The SMILES string of the molecule is Cc1cccc(C=Nc2ccc(F)cc2)c1O.[Cl][Ti][Cl]. The minimum absolute atomic E-state index is 0.221. The molecule has 0 bridgehead atoms. The summed E-state index contributed by atoms with van der Waals surface area (Å²) < 4.78 is 12.7. The van der Waals surface area contributed by atoms with E-state index in [1.165, 1.54) is 12.1 Å². The van der Waals surface area contributed by atoms with E-state index in [2.05, 4.69) is 4.99 Å². The molecule has 104 valence electrons. The first-order chi connectivity index (χ1) is 9.58. The van der Waals surface area contributed by atoms with Crippen molar-refractivity contribution < 1.29 is 26.5 Å². The van der Waals surface area contributed by atoms with Gasteiger partial charge >= 0.3 is 35.6 Å². The summed E-state index contributed by atoms with van der Waals surface area (Å²) >= 11 is -0.556. The molecule has 0 saturated heterocycles. The zero-order valence-electron chi connectivity index (χ0n) is 10.6. The molecule has 0 unspecified atom stereocenters. The summed E-state index contributed by atoms with van der Waals surface area (Å²) in [6.07, 6.45) is 1.57. The van der Waals surface area contributed by atoms with E-state index in [1.807, 2.05) is 19.1 Å². The normalized spacial score (nSPS) is 10.0. The first-order valence-corrected chi connectivity index (χ1v) is 9.92. The summed E-state index contributed by atoms with van der Waals surface area (Å²) in [5.74, 6) is -0.0688. The molecular formula is C14H12Cl2FNOTi. The summed E-state index contributed by atoms with van der Waals surface area (Å²) in [5, 5.41) is 9.77. The molecule has 0 aromatic heterocycles. The van der Waals surface area contributed by atoms with Crippen molar-refractivity contribution in [2.45, 2.75) is 6.92 Å². The van der Waals surface area contributed by atoms with E-state index in [0.717, 1.165) is 5.56 Å². The van der Waals surface area contributed by atoms with Crippen LogP contribution < -0.4 is 0 Å². The number of hydrogen-bond acceptors (Lipinski definition) is 2. The molecule has 0 atom stereocenters. The van der Waals surface area contributed by atoms with Gasteiger partial charge in [-0.15, -0.1) is 0 Å². The molecule has 20 heavy (non-hydrogen) atoms. The number of rotatable bonds is 2. The molecule has 6 heteroatoms. The molecule has 0 spiro atoms. The average Bonchev–Trinajstić information content (AvgIpc) is 2.43. The molecule has 0 heterocycles. The van der Waals surface area contributed by atoms with Gasteiger partial charge in [0.25, 0.3) is 0 Å². The summed E-state index contributed by atoms with van der Waals surface area (Å²) in [6.45, 7) is 1.82. The van der Waals surface area contributed by atoms with Gasteiger partial charge in [0, 0.05) is 11.8 Å². The third-order valence-electron chi connectivity index (χ3n) is 2.45. The van der Waals surface area contributed by atoms with Crippen molar-refractivity contribution in [2.24, 2.45) is 4.99 Å². The minimum atomic E-state index is -0.556. The third-order valence-corrected chi connectivity index (χ3v) is 2.45. The second-order valence-electron chi connectivity index (χ2n) is 3.82. The standard InChI is InChI=1S/C14H12FNO.2ClH.Ti/c1-10-3-2-4-11(14(10)17)9-16-13-7-5-12(15)6-8-13;;;/h2-9,17H,1H3;2*1H;/q;;;+2/p-2. The molecule has 2 rings (SSSR count). The summed E-state index contributed by atoms with van der Waals surface area (Å²) in [4.78, 5) is 4.17. The molecule has 1 N–H and O–H groups in total. The molecule has 0 radical (unpaired) electrons. The van der Waals surface area contributed by atoms with Gasteiger partial charge in [-0.1, -0.05) is 12.1 Å². The van der Waals surface area contributed by atoms with Crippen molar-refractivity contribution in [1.82, 2.24) is 0 Å². The fraction of sp³-hybridized carbons (Fsp3) is 0.0714. The second-order valence-corrected chi connectivity index (χ2v) is 6.40. The van der Waals surface area contributed by atoms with Gasteiger partial charge in [0.15, 0.2) is 0 Å². The number of hydrogen-bond donors (Lipinski definition) is 1. The van der Waals surface area contributed by atoms with Gasteiger partial charge in [-0.3, -0.25) is 4.99 Å². The third kappa shape index (κ3) is 5.63. The first kappa shape index (κ1) is 17.2. The Hall–Kier alpha value is -0.866. The van der Waals surface area contributed by atoms with E-state index < -0.39 is 17.0 Å². The Kier molecular flexibility index (Phi) is 7.85. The van der Waals surface area contributed by atoms with Crippen LogP contribution in [0.1, 0.15) is 11.1 Å². The Morgan fingerprint density at radius 1 is 1.15 bits per heavy atom. The summed E-state index contributed by atoms with van der Waals surface area (Å²) in [5.41, 5.74) is 2.09. The van der Waals surface area contributed by atoms with Crippen LogP contribution in [0.25, 0.3) is 0 Å². The summed E-state index contributed by atoms with van der Waals surface area (Å²) in [6, 6.07) is 11.3.